The first-order chi connectivity index (χ1) is 16.4. The molecule has 5 aromatic rings. The van der Waals surface area contributed by atoms with Gasteiger partial charge in [0.2, 0.25) is 0 Å². The van der Waals surface area contributed by atoms with Gasteiger partial charge >= 0.3 is 5.63 Å². The molecule has 5 nitrogen and oxygen atoms in total. The number of aryl methyl sites for hydroxylation is 2. The molecule has 0 radical (unpaired) electrons. The van der Waals surface area contributed by atoms with Gasteiger partial charge < -0.3 is 4.42 Å². The van der Waals surface area contributed by atoms with E-state index in [1.165, 1.54) is 34.7 Å². The zero-order valence-corrected chi connectivity index (χ0v) is 20.5. The van der Waals surface area contributed by atoms with Gasteiger partial charge in [0.15, 0.2) is 5.16 Å². The zero-order chi connectivity index (χ0) is 23.8. The molecule has 0 saturated carbocycles. The summed E-state index contributed by atoms with van der Waals surface area (Å²) in [5.74, 6) is 0.483. The molecule has 7 heteroatoms. The third-order valence-electron chi connectivity index (χ3n) is 5.68. The molecule has 34 heavy (non-hydrogen) atoms. The topological polar surface area (TPSA) is 65.1 Å². The Morgan fingerprint density at radius 1 is 1.09 bits per heavy atom. The van der Waals surface area contributed by atoms with Crippen molar-refractivity contribution in [2.75, 3.05) is 0 Å². The third-order valence-corrected chi connectivity index (χ3v) is 7.57. The number of hydrogen-bond donors (Lipinski definition) is 0. The predicted molar refractivity (Wildman–Crippen MR) is 141 cm³/mol. The largest absolute Gasteiger partial charge is 0.423 e. The first-order valence-corrected chi connectivity index (χ1v) is 12.7. The summed E-state index contributed by atoms with van der Waals surface area (Å²) < 4.78 is 7.03. The van der Waals surface area contributed by atoms with Crippen LogP contribution in [-0.4, -0.2) is 9.55 Å². The Morgan fingerprint density at radius 3 is 2.62 bits per heavy atom. The molecule has 0 aliphatic heterocycles. The maximum atomic E-state index is 13.6. The normalized spacial score (nSPS) is 11.4. The minimum absolute atomic E-state index is 0.0858. The van der Waals surface area contributed by atoms with Crippen LogP contribution in [0.2, 0.25) is 0 Å². The van der Waals surface area contributed by atoms with Crippen LogP contribution < -0.4 is 11.2 Å². The van der Waals surface area contributed by atoms with Crippen molar-refractivity contribution in [1.82, 2.24) is 9.55 Å². The van der Waals surface area contributed by atoms with E-state index in [4.69, 9.17) is 9.40 Å². The minimum Gasteiger partial charge on any atom is -0.423 e. The van der Waals surface area contributed by atoms with Crippen molar-refractivity contribution in [3.63, 3.8) is 0 Å². The van der Waals surface area contributed by atoms with Crippen molar-refractivity contribution in [3.8, 4) is 11.1 Å². The Labute approximate surface area is 204 Å². The molecule has 0 fully saturated rings. The molecule has 0 atom stereocenters. The Morgan fingerprint density at radius 2 is 1.85 bits per heavy atom. The molecule has 0 amide bonds. The average Bonchev–Trinajstić information content (AvgIpc) is 3.24. The SMILES string of the molecule is C=CCn1c(SCc2cc(=O)oc3cc(C)ccc23)nc2scc(-c3ccc(C)cc3)c2c1=O. The Hall–Kier alpha value is -3.42. The average molecular weight is 487 g/mol. The molecule has 170 valence electrons. The van der Waals surface area contributed by atoms with Crippen LogP contribution in [0, 0.1) is 13.8 Å². The summed E-state index contributed by atoms with van der Waals surface area (Å²) in [7, 11) is 0. The second-order valence-electron chi connectivity index (χ2n) is 8.17. The molecule has 3 aromatic heterocycles. The lowest BCUT2D eigenvalue weighted by atomic mass is 10.1. The van der Waals surface area contributed by atoms with E-state index in [2.05, 4.69) is 6.58 Å². The van der Waals surface area contributed by atoms with Gasteiger partial charge in [-0.25, -0.2) is 9.78 Å². The fourth-order valence-electron chi connectivity index (χ4n) is 3.95. The van der Waals surface area contributed by atoms with E-state index in [0.29, 0.717) is 33.3 Å². The van der Waals surface area contributed by atoms with E-state index >= 15 is 0 Å². The van der Waals surface area contributed by atoms with E-state index in [9.17, 15) is 9.59 Å². The second kappa shape index (κ2) is 9.08. The molecule has 3 heterocycles. The highest BCUT2D eigenvalue weighted by atomic mass is 32.2. The molecule has 2 aromatic carbocycles. The smallest absolute Gasteiger partial charge is 0.336 e. The van der Waals surface area contributed by atoms with Gasteiger partial charge in [-0.2, -0.15) is 0 Å². The molecule has 0 spiro atoms. The van der Waals surface area contributed by atoms with Gasteiger partial charge in [-0.3, -0.25) is 9.36 Å². The number of allylic oxidation sites excluding steroid dienone is 1. The van der Waals surface area contributed by atoms with E-state index in [-0.39, 0.29) is 11.2 Å². The lowest BCUT2D eigenvalue weighted by molar-refractivity contribution is 0.559. The lowest BCUT2D eigenvalue weighted by Gasteiger charge is -2.11. The van der Waals surface area contributed by atoms with Gasteiger partial charge in [0.05, 0.1) is 5.39 Å². The van der Waals surface area contributed by atoms with Gasteiger partial charge in [0, 0.05) is 34.7 Å². The van der Waals surface area contributed by atoms with Crippen molar-refractivity contribution in [2.24, 2.45) is 0 Å². The molecule has 5 rings (SSSR count). The predicted octanol–water partition coefficient (Wildman–Crippen LogP) is 6.33. The molecule has 0 aliphatic carbocycles. The zero-order valence-electron chi connectivity index (χ0n) is 18.8. The summed E-state index contributed by atoms with van der Waals surface area (Å²) in [6.45, 7) is 8.18. The van der Waals surface area contributed by atoms with Gasteiger partial charge in [0.1, 0.15) is 10.4 Å². The standard InChI is InChI=1S/C27H22N2O3S2/c1-4-11-29-26(31)24-21(18-8-5-16(2)6-9-18)15-33-25(24)28-27(29)34-14-19-13-23(30)32-22-12-17(3)7-10-20(19)22/h4-10,12-13,15H,1,11,14H2,2-3H3. The summed E-state index contributed by atoms with van der Waals surface area (Å²) in [6.07, 6.45) is 1.70. The number of aromatic nitrogens is 2. The van der Waals surface area contributed by atoms with Crippen LogP contribution in [0.25, 0.3) is 32.3 Å². The first kappa shape index (κ1) is 22.4. The van der Waals surface area contributed by atoms with Gasteiger partial charge in [-0.05, 0) is 36.6 Å². The summed E-state index contributed by atoms with van der Waals surface area (Å²) in [4.78, 5) is 31.3. The quantitative estimate of drug-likeness (QED) is 0.121. The van der Waals surface area contributed by atoms with Crippen molar-refractivity contribution < 1.29 is 4.42 Å². The third kappa shape index (κ3) is 4.13. The monoisotopic (exact) mass is 486 g/mol. The van der Waals surface area contributed by atoms with Crippen LogP contribution in [0.15, 0.2) is 85.7 Å². The number of hydrogen-bond acceptors (Lipinski definition) is 6. The number of fused-ring (bicyclic) bond motifs is 2. The number of rotatable bonds is 6. The second-order valence-corrected chi connectivity index (χ2v) is 9.97. The molecule has 0 saturated heterocycles. The molecular formula is C27H22N2O3S2. The van der Waals surface area contributed by atoms with Crippen molar-refractivity contribution in [1.29, 1.82) is 0 Å². The van der Waals surface area contributed by atoms with E-state index in [1.807, 2.05) is 61.7 Å². The maximum absolute atomic E-state index is 13.6. The van der Waals surface area contributed by atoms with E-state index < -0.39 is 0 Å². The number of nitrogens with zero attached hydrogens (tertiary/aromatic N) is 2. The van der Waals surface area contributed by atoms with Crippen LogP contribution in [0.3, 0.4) is 0 Å². The van der Waals surface area contributed by atoms with Crippen LogP contribution in [0.1, 0.15) is 16.7 Å². The van der Waals surface area contributed by atoms with Gasteiger partial charge in [-0.1, -0.05) is 59.8 Å². The van der Waals surface area contributed by atoms with Crippen molar-refractivity contribution in [3.05, 3.63) is 104 Å². The van der Waals surface area contributed by atoms with Crippen LogP contribution in [0.5, 0.6) is 0 Å². The summed E-state index contributed by atoms with van der Waals surface area (Å²) in [5, 5.41) is 4.10. The fourth-order valence-corrected chi connectivity index (χ4v) is 5.94. The Balaban J connectivity index is 1.58. The number of thioether (sulfide) groups is 1. The Kier molecular flexibility index (Phi) is 5.98. The summed E-state index contributed by atoms with van der Waals surface area (Å²) in [5.41, 5.74) is 5.03. The molecule has 0 N–H and O–H groups in total. The van der Waals surface area contributed by atoms with E-state index in [0.717, 1.165) is 27.6 Å². The molecule has 0 aliphatic rings. The van der Waals surface area contributed by atoms with Gasteiger partial charge in [-0.15, -0.1) is 17.9 Å². The highest BCUT2D eigenvalue weighted by Gasteiger charge is 2.18. The molecule has 0 unspecified atom stereocenters. The fraction of sp³-hybridized carbons (Fsp3) is 0.148. The maximum Gasteiger partial charge on any atom is 0.336 e. The van der Waals surface area contributed by atoms with E-state index in [1.54, 1.807) is 10.6 Å². The highest BCUT2D eigenvalue weighted by Crippen LogP contribution is 2.33. The Bertz CT molecular complexity index is 1660. The van der Waals surface area contributed by atoms with Gasteiger partial charge in [0.25, 0.3) is 5.56 Å². The minimum atomic E-state index is -0.387. The molecule has 0 bridgehead atoms. The highest BCUT2D eigenvalue weighted by molar-refractivity contribution is 7.98. The van der Waals surface area contributed by atoms with Crippen LogP contribution in [-0.2, 0) is 12.3 Å². The van der Waals surface area contributed by atoms with Crippen molar-refractivity contribution in [2.45, 2.75) is 31.3 Å². The summed E-state index contributed by atoms with van der Waals surface area (Å²) >= 11 is 2.90. The number of benzene rings is 2. The lowest BCUT2D eigenvalue weighted by Crippen LogP contribution is -2.22. The molecular weight excluding hydrogens is 464 g/mol. The van der Waals surface area contributed by atoms with Crippen LogP contribution in [0.4, 0.5) is 0 Å². The van der Waals surface area contributed by atoms with Crippen molar-refractivity contribution >= 4 is 44.3 Å². The number of thiophene rings is 1. The van der Waals surface area contributed by atoms with Crippen LogP contribution >= 0.6 is 23.1 Å². The summed E-state index contributed by atoms with van der Waals surface area (Å²) in [6, 6.07) is 15.5. The first-order valence-electron chi connectivity index (χ1n) is 10.8.